The summed E-state index contributed by atoms with van der Waals surface area (Å²) in [4.78, 5) is 8.11. The molecule has 0 aliphatic carbocycles. The van der Waals surface area contributed by atoms with E-state index in [0.29, 0.717) is 22.3 Å². The molecule has 0 fully saturated rings. The SMILES string of the molecule is CC(C)c1c(N)ncnc1Nc1cc(F)cc(Cl)c1. The highest BCUT2D eigenvalue weighted by Gasteiger charge is 2.13. The molecular weight excluding hydrogens is 267 g/mol. The molecule has 2 rings (SSSR count). The number of halogens is 2. The van der Waals surface area contributed by atoms with Crippen molar-refractivity contribution in [3.8, 4) is 0 Å². The summed E-state index contributed by atoms with van der Waals surface area (Å²) in [7, 11) is 0. The summed E-state index contributed by atoms with van der Waals surface area (Å²) in [5, 5.41) is 3.34. The lowest BCUT2D eigenvalue weighted by atomic mass is 10.0. The van der Waals surface area contributed by atoms with Crippen molar-refractivity contribution >= 4 is 28.9 Å². The third kappa shape index (κ3) is 3.12. The monoisotopic (exact) mass is 280 g/mol. The van der Waals surface area contributed by atoms with Crippen LogP contribution in [0.3, 0.4) is 0 Å². The van der Waals surface area contributed by atoms with Crippen LogP contribution in [0.2, 0.25) is 5.02 Å². The minimum atomic E-state index is -0.414. The number of nitrogens with one attached hydrogen (secondary N) is 1. The predicted molar refractivity (Wildman–Crippen MR) is 75.2 cm³/mol. The molecule has 2 aromatic rings. The van der Waals surface area contributed by atoms with Crippen LogP contribution in [0.5, 0.6) is 0 Å². The summed E-state index contributed by atoms with van der Waals surface area (Å²) < 4.78 is 13.3. The first kappa shape index (κ1) is 13.5. The quantitative estimate of drug-likeness (QED) is 0.899. The lowest BCUT2D eigenvalue weighted by Crippen LogP contribution is -2.06. The first-order chi connectivity index (χ1) is 8.97. The van der Waals surface area contributed by atoms with Crippen molar-refractivity contribution in [3.05, 3.63) is 40.9 Å². The zero-order chi connectivity index (χ0) is 14.0. The van der Waals surface area contributed by atoms with E-state index in [9.17, 15) is 4.39 Å². The molecule has 3 N–H and O–H groups in total. The summed E-state index contributed by atoms with van der Waals surface area (Å²) in [6.45, 7) is 3.97. The average Bonchev–Trinajstić information content (AvgIpc) is 2.26. The third-order valence-electron chi connectivity index (χ3n) is 2.62. The molecule has 0 amide bonds. The molecule has 6 heteroatoms. The van der Waals surface area contributed by atoms with Crippen LogP contribution in [-0.2, 0) is 0 Å². The summed E-state index contributed by atoms with van der Waals surface area (Å²) in [5.74, 6) is 0.704. The van der Waals surface area contributed by atoms with Crippen molar-refractivity contribution < 1.29 is 4.39 Å². The van der Waals surface area contributed by atoms with E-state index in [2.05, 4.69) is 15.3 Å². The van der Waals surface area contributed by atoms with Gasteiger partial charge in [-0.1, -0.05) is 25.4 Å². The van der Waals surface area contributed by atoms with Gasteiger partial charge in [0.1, 0.15) is 23.8 Å². The molecule has 19 heavy (non-hydrogen) atoms. The molecule has 0 saturated carbocycles. The van der Waals surface area contributed by atoms with E-state index >= 15 is 0 Å². The average molecular weight is 281 g/mol. The highest BCUT2D eigenvalue weighted by atomic mass is 35.5. The third-order valence-corrected chi connectivity index (χ3v) is 2.84. The van der Waals surface area contributed by atoms with E-state index in [1.807, 2.05) is 13.8 Å². The minimum Gasteiger partial charge on any atom is -0.383 e. The van der Waals surface area contributed by atoms with Gasteiger partial charge in [0.05, 0.1) is 0 Å². The molecule has 4 nitrogen and oxygen atoms in total. The maximum Gasteiger partial charge on any atom is 0.139 e. The largest absolute Gasteiger partial charge is 0.383 e. The van der Waals surface area contributed by atoms with Gasteiger partial charge in [-0.3, -0.25) is 0 Å². The van der Waals surface area contributed by atoms with E-state index in [4.69, 9.17) is 17.3 Å². The van der Waals surface area contributed by atoms with Gasteiger partial charge in [-0.25, -0.2) is 14.4 Å². The lowest BCUT2D eigenvalue weighted by molar-refractivity contribution is 0.628. The molecule has 0 radical (unpaired) electrons. The number of benzene rings is 1. The van der Waals surface area contributed by atoms with Crippen LogP contribution in [0, 0.1) is 5.82 Å². The fraction of sp³-hybridized carbons (Fsp3) is 0.231. The molecule has 0 spiro atoms. The Hall–Kier alpha value is -1.88. The van der Waals surface area contributed by atoms with Crippen LogP contribution in [0.25, 0.3) is 0 Å². The van der Waals surface area contributed by atoms with Gasteiger partial charge in [-0.15, -0.1) is 0 Å². The van der Waals surface area contributed by atoms with Gasteiger partial charge in [0.15, 0.2) is 0 Å². The maximum absolute atomic E-state index is 13.3. The normalized spacial score (nSPS) is 10.8. The van der Waals surface area contributed by atoms with E-state index in [0.717, 1.165) is 5.56 Å². The standard InChI is InChI=1S/C13H14ClFN4/c1-7(2)11-12(16)17-6-18-13(11)19-10-4-8(14)3-9(15)5-10/h3-7H,1-2H3,(H3,16,17,18,19). The summed E-state index contributed by atoms with van der Waals surface area (Å²) in [5.41, 5.74) is 7.16. The maximum atomic E-state index is 13.3. The number of hydrogen-bond acceptors (Lipinski definition) is 4. The second kappa shape index (κ2) is 5.40. The van der Waals surface area contributed by atoms with E-state index in [1.165, 1.54) is 18.5 Å². The number of nitrogens with zero attached hydrogens (tertiary/aromatic N) is 2. The van der Waals surface area contributed by atoms with Gasteiger partial charge in [-0.05, 0) is 24.1 Å². The minimum absolute atomic E-state index is 0.146. The smallest absolute Gasteiger partial charge is 0.139 e. The molecule has 0 atom stereocenters. The Morgan fingerprint density at radius 1 is 1.26 bits per heavy atom. The number of nitrogen functional groups attached to an aromatic ring is 1. The Labute approximate surface area is 115 Å². The van der Waals surface area contributed by atoms with E-state index < -0.39 is 5.82 Å². The molecule has 0 bridgehead atoms. The molecule has 0 saturated heterocycles. The summed E-state index contributed by atoms with van der Waals surface area (Å²) in [6, 6.07) is 4.20. The topological polar surface area (TPSA) is 63.8 Å². The van der Waals surface area contributed by atoms with Crippen molar-refractivity contribution in [3.63, 3.8) is 0 Å². The van der Waals surface area contributed by atoms with Gasteiger partial charge < -0.3 is 11.1 Å². The molecule has 1 aromatic carbocycles. The highest BCUT2D eigenvalue weighted by molar-refractivity contribution is 6.30. The number of nitrogens with two attached hydrogens (primary N) is 1. The van der Waals surface area contributed by atoms with E-state index in [1.54, 1.807) is 6.07 Å². The van der Waals surface area contributed by atoms with Crippen molar-refractivity contribution in [2.45, 2.75) is 19.8 Å². The van der Waals surface area contributed by atoms with Gasteiger partial charge in [0.25, 0.3) is 0 Å². The van der Waals surface area contributed by atoms with E-state index in [-0.39, 0.29) is 5.92 Å². The number of aromatic nitrogens is 2. The lowest BCUT2D eigenvalue weighted by Gasteiger charge is -2.15. The predicted octanol–water partition coefficient (Wildman–Crippen LogP) is 3.72. The number of rotatable bonds is 3. The molecule has 1 aromatic heterocycles. The van der Waals surface area contributed by atoms with Crippen LogP contribution in [0.1, 0.15) is 25.3 Å². The van der Waals surface area contributed by atoms with Crippen LogP contribution >= 0.6 is 11.6 Å². The molecule has 0 aliphatic heterocycles. The van der Waals surface area contributed by atoms with Crippen LogP contribution in [0.4, 0.5) is 21.7 Å². The molecule has 0 unspecified atom stereocenters. The van der Waals surface area contributed by atoms with Crippen molar-refractivity contribution in [1.29, 1.82) is 0 Å². The summed E-state index contributed by atoms with van der Waals surface area (Å²) in [6.07, 6.45) is 1.37. The Kier molecular flexibility index (Phi) is 3.85. The Bertz CT molecular complexity index is 581. The Morgan fingerprint density at radius 3 is 2.63 bits per heavy atom. The molecule has 100 valence electrons. The highest BCUT2D eigenvalue weighted by Crippen LogP contribution is 2.29. The zero-order valence-corrected chi connectivity index (χ0v) is 11.4. The molecule has 0 aliphatic rings. The second-order valence-electron chi connectivity index (χ2n) is 4.46. The van der Waals surface area contributed by atoms with Gasteiger partial charge in [-0.2, -0.15) is 0 Å². The molecular formula is C13H14ClFN4. The van der Waals surface area contributed by atoms with Crippen molar-refractivity contribution in [2.75, 3.05) is 11.1 Å². The fourth-order valence-electron chi connectivity index (χ4n) is 1.84. The van der Waals surface area contributed by atoms with Gasteiger partial charge in [0.2, 0.25) is 0 Å². The zero-order valence-electron chi connectivity index (χ0n) is 10.6. The Balaban J connectivity index is 2.40. The first-order valence-corrected chi connectivity index (χ1v) is 6.18. The van der Waals surface area contributed by atoms with Crippen molar-refractivity contribution in [2.24, 2.45) is 0 Å². The number of hydrogen-bond donors (Lipinski definition) is 2. The van der Waals surface area contributed by atoms with Gasteiger partial charge in [0, 0.05) is 16.3 Å². The number of anilines is 3. The van der Waals surface area contributed by atoms with Crippen LogP contribution in [-0.4, -0.2) is 9.97 Å². The van der Waals surface area contributed by atoms with Crippen molar-refractivity contribution in [1.82, 2.24) is 9.97 Å². The molecule has 1 heterocycles. The fourth-order valence-corrected chi connectivity index (χ4v) is 2.06. The van der Waals surface area contributed by atoms with Gasteiger partial charge >= 0.3 is 0 Å². The van der Waals surface area contributed by atoms with Crippen LogP contribution in [0.15, 0.2) is 24.5 Å². The Morgan fingerprint density at radius 2 is 2.00 bits per heavy atom. The first-order valence-electron chi connectivity index (χ1n) is 5.81. The van der Waals surface area contributed by atoms with Crippen LogP contribution < -0.4 is 11.1 Å². The second-order valence-corrected chi connectivity index (χ2v) is 4.90. The summed E-state index contributed by atoms with van der Waals surface area (Å²) >= 11 is 5.81.